The number of benzene rings is 2. The molecule has 1 fully saturated rings. The molecule has 1 saturated heterocycles. The highest BCUT2D eigenvalue weighted by Gasteiger charge is 2.27. The van der Waals surface area contributed by atoms with Crippen LogP contribution in [0.25, 0.3) is 6.08 Å². The third-order valence-corrected chi connectivity index (χ3v) is 5.80. The van der Waals surface area contributed by atoms with Gasteiger partial charge < -0.3 is 4.90 Å². The molecule has 1 amide bonds. The molecule has 1 heterocycles. The van der Waals surface area contributed by atoms with Crippen molar-refractivity contribution in [2.75, 3.05) is 32.7 Å². The largest absolute Gasteiger partial charge is 0.340 e. The van der Waals surface area contributed by atoms with Crippen LogP contribution in [0.1, 0.15) is 23.1 Å². The molecule has 1 aliphatic carbocycles. The lowest BCUT2D eigenvalue weighted by molar-refractivity contribution is -0.133. The summed E-state index contributed by atoms with van der Waals surface area (Å²) in [6.45, 7) is 4.61. The Balaban J connectivity index is 1.20. The number of fused-ring (bicyclic) bond motifs is 1. The standard InChI is InChI=1S/C24H28N2O/c27-24(19-21-17-22-10-4-5-11-23(22)18-21)26-15-13-25(14-16-26)12-6-9-20-7-2-1-3-8-20/h1-11,21H,12-19H2. The second-order valence-electron chi connectivity index (χ2n) is 7.74. The van der Waals surface area contributed by atoms with Crippen LogP contribution in [0.3, 0.4) is 0 Å². The highest BCUT2D eigenvalue weighted by atomic mass is 16.2. The molecule has 0 atom stereocenters. The van der Waals surface area contributed by atoms with Crippen LogP contribution in [-0.2, 0) is 17.6 Å². The van der Waals surface area contributed by atoms with Crippen LogP contribution in [0.2, 0.25) is 0 Å². The zero-order valence-corrected chi connectivity index (χ0v) is 15.9. The van der Waals surface area contributed by atoms with Crippen LogP contribution in [0.4, 0.5) is 0 Å². The molecule has 27 heavy (non-hydrogen) atoms. The number of nitrogens with zero attached hydrogens (tertiary/aromatic N) is 2. The molecule has 2 aromatic rings. The van der Waals surface area contributed by atoms with Crippen LogP contribution < -0.4 is 0 Å². The first kappa shape index (κ1) is 18.0. The van der Waals surface area contributed by atoms with Gasteiger partial charge in [-0.05, 0) is 35.4 Å². The minimum atomic E-state index is 0.340. The molecule has 2 aromatic carbocycles. The van der Waals surface area contributed by atoms with E-state index in [0.717, 1.165) is 45.6 Å². The smallest absolute Gasteiger partial charge is 0.222 e. The Morgan fingerprint density at radius 2 is 1.52 bits per heavy atom. The number of carbonyl (C=O) groups is 1. The lowest BCUT2D eigenvalue weighted by Crippen LogP contribution is -2.48. The molecule has 0 aromatic heterocycles. The van der Waals surface area contributed by atoms with Gasteiger partial charge in [0, 0.05) is 39.1 Å². The molecule has 0 saturated carbocycles. The Morgan fingerprint density at radius 1 is 0.889 bits per heavy atom. The maximum atomic E-state index is 12.7. The van der Waals surface area contributed by atoms with Crippen molar-refractivity contribution >= 4 is 12.0 Å². The Hall–Kier alpha value is -2.39. The van der Waals surface area contributed by atoms with Crippen LogP contribution in [0.15, 0.2) is 60.7 Å². The Bertz CT molecular complexity index is 766. The lowest BCUT2D eigenvalue weighted by Gasteiger charge is -2.34. The molecule has 4 rings (SSSR count). The highest BCUT2D eigenvalue weighted by Crippen LogP contribution is 2.29. The van der Waals surface area contributed by atoms with E-state index in [9.17, 15) is 4.79 Å². The fourth-order valence-corrected chi connectivity index (χ4v) is 4.25. The molecule has 3 nitrogen and oxygen atoms in total. The van der Waals surface area contributed by atoms with Gasteiger partial charge in [0.1, 0.15) is 0 Å². The van der Waals surface area contributed by atoms with Crippen LogP contribution >= 0.6 is 0 Å². The van der Waals surface area contributed by atoms with Crippen LogP contribution in [0.5, 0.6) is 0 Å². The molecular formula is C24H28N2O. The van der Waals surface area contributed by atoms with Gasteiger partial charge in [0.2, 0.25) is 5.91 Å². The maximum absolute atomic E-state index is 12.7. The molecule has 0 bridgehead atoms. The minimum absolute atomic E-state index is 0.340. The van der Waals surface area contributed by atoms with Gasteiger partial charge in [0.25, 0.3) is 0 Å². The van der Waals surface area contributed by atoms with Gasteiger partial charge in [-0.1, -0.05) is 66.7 Å². The second kappa shape index (κ2) is 8.53. The van der Waals surface area contributed by atoms with Crippen molar-refractivity contribution in [3.05, 3.63) is 77.4 Å². The summed E-state index contributed by atoms with van der Waals surface area (Å²) >= 11 is 0. The van der Waals surface area contributed by atoms with E-state index >= 15 is 0 Å². The molecule has 0 N–H and O–H groups in total. The summed E-state index contributed by atoms with van der Waals surface area (Å²) in [5.41, 5.74) is 4.11. The summed E-state index contributed by atoms with van der Waals surface area (Å²) in [7, 11) is 0. The number of piperazine rings is 1. The van der Waals surface area contributed by atoms with Crippen molar-refractivity contribution in [1.82, 2.24) is 9.80 Å². The Labute approximate surface area is 162 Å². The van der Waals surface area contributed by atoms with Gasteiger partial charge in [-0.15, -0.1) is 0 Å². The van der Waals surface area contributed by atoms with E-state index in [0.29, 0.717) is 18.2 Å². The van der Waals surface area contributed by atoms with E-state index in [1.165, 1.54) is 16.7 Å². The van der Waals surface area contributed by atoms with E-state index in [-0.39, 0.29) is 0 Å². The normalized spacial score (nSPS) is 18.1. The number of amides is 1. The van der Waals surface area contributed by atoms with E-state index in [4.69, 9.17) is 0 Å². The third kappa shape index (κ3) is 4.67. The summed E-state index contributed by atoms with van der Waals surface area (Å²) in [4.78, 5) is 17.2. The average Bonchev–Trinajstić information content (AvgIpc) is 3.11. The summed E-state index contributed by atoms with van der Waals surface area (Å²) in [6, 6.07) is 19.0. The first-order chi connectivity index (χ1) is 13.3. The zero-order chi connectivity index (χ0) is 18.5. The zero-order valence-electron chi connectivity index (χ0n) is 15.9. The lowest BCUT2D eigenvalue weighted by atomic mass is 10.0. The molecule has 0 spiro atoms. The summed E-state index contributed by atoms with van der Waals surface area (Å²) in [5.74, 6) is 0.828. The minimum Gasteiger partial charge on any atom is -0.340 e. The van der Waals surface area contributed by atoms with Crippen LogP contribution in [-0.4, -0.2) is 48.4 Å². The summed E-state index contributed by atoms with van der Waals surface area (Å²) < 4.78 is 0. The predicted molar refractivity (Wildman–Crippen MR) is 110 cm³/mol. The van der Waals surface area contributed by atoms with Crippen molar-refractivity contribution in [3.8, 4) is 0 Å². The average molecular weight is 361 g/mol. The number of carbonyl (C=O) groups excluding carboxylic acids is 1. The van der Waals surface area contributed by atoms with E-state index < -0.39 is 0 Å². The predicted octanol–water partition coefficient (Wildman–Crippen LogP) is 3.65. The molecular weight excluding hydrogens is 332 g/mol. The monoisotopic (exact) mass is 360 g/mol. The van der Waals surface area contributed by atoms with Crippen molar-refractivity contribution in [2.45, 2.75) is 19.3 Å². The Kier molecular flexibility index (Phi) is 5.69. The van der Waals surface area contributed by atoms with Crippen molar-refractivity contribution in [3.63, 3.8) is 0 Å². The maximum Gasteiger partial charge on any atom is 0.222 e. The van der Waals surface area contributed by atoms with Gasteiger partial charge in [-0.25, -0.2) is 0 Å². The third-order valence-electron chi connectivity index (χ3n) is 5.80. The van der Waals surface area contributed by atoms with Crippen LogP contribution in [0, 0.1) is 5.92 Å². The fourth-order valence-electron chi connectivity index (χ4n) is 4.25. The van der Waals surface area contributed by atoms with Crippen molar-refractivity contribution in [1.29, 1.82) is 0 Å². The van der Waals surface area contributed by atoms with Gasteiger partial charge in [0.15, 0.2) is 0 Å². The quantitative estimate of drug-likeness (QED) is 0.813. The molecule has 0 radical (unpaired) electrons. The van der Waals surface area contributed by atoms with Gasteiger partial charge in [-0.3, -0.25) is 9.69 Å². The highest BCUT2D eigenvalue weighted by molar-refractivity contribution is 5.76. The van der Waals surface area contributed by atoms with Gasteiger partial charge in [0.05, 0.1) is 0 Å². The number of rotatable bonds is 5. The molecule has 3 heteroatoms. The molecule has 1 aliphatic heterocycles. The fraction of sp³-hybridized carbons (Fsp3) is 0.375. The molecule has 2 aliphatic rings. The molecule has 140 valence electrons. The van der Waals surface area contributed by atoms with Crippen molar-refractivity contribution < 1.29 is 4.79 Å². The van der Waals surface area contributed by atoms with E-state index in [1.807, 2.05) is 6.07 Å². The first-order valence-electron chi connectivity index (χ1n) is 10.1. The summed E-state index contributed by atoms with van der Waals surface area (Å²) in [6.07, 6.45) is 7.22. The van der Waals surface area contributed by atoms with E-state index in [2.05, 4.69) is 70.5 Å². The number of hydrogen-bond donors (Lipinski definition) is 0. The molecule has 0 unspecified atom stereocenters. The van der Waals surface area contributed by atoms with Gasteiger partial charge >= 0.3 is 0 Å². The van der Waals surface area contributed by atoms with Gasteiger partial charge in [-0.2, -0.15) is 0 Å². The second-order valence-corrected chi connectivity index (χ2v) is 7.74. The first-order valence-corrected chi connectivity index (χ1v) is 10.1. The van der Waals surface area contributed by atoms with E-state index in [1.54, 1.807) is 0 Å². The number of hydrogen-bond acceptors (Lipinski definition) is 2. The topological polar surface area (TPSA) is 23.6 Å². The Morgan fingerprint density at radius 3 is 2.19 bits per heavy atom. The summed E-state index contributed by atoms with van der Waals surface area (Å²) in [5, 5.41) is 0. The SMILES string of the molecule is O=C(CC1Cc2ccccc2C1)N1CCN(CC=Cc2ccccc2)CC1. The van der Waals surface area contributed by atoms with Crippen molar-refractivity contribution in [2.24, 2.45) is 5.92 Å².